The lowest BCUT2D eigenvalue weighted by Gasteiger charge is -2.23. The van der Waals surface area contributed by atoms with Crippen molar-refractivity contribution in [1.29, 1.82) is 0 Å². The van der Waals surface area contributed by atoms with Gasteiger partial charge < -0.3 is 15.5 Å². The van der Waals surface area contributed by atoms with Crippen LogP contribution in [0.15, 0.2) is 28.7 Å². The molecular formula is C17H25BrClN3O2. The Kier molecular flexibility index (Phi) is 9.33. The fourth-order valence-electron chi connectivity index (χ4n) is 2.65. The van der Waals surface area contributed by atoms with Crippen LogP contribution in [0, 0.1) is 0 Å². The van der Waals surface area contributed by atoms with Crippen molar-refractivity contribution in [3.05, 3.63) is 34.3 Å². The van der Waals surface area contributed by atoms with Crippen molar-refractivity contribution >= 4 is 40.2 Å². The summed E-state index contributed by atoms with van der Waals surface area (Å²) in [5, 5.41) is 6.06. The van der Waals surface area contributed by atoms with E-state index in [9.17, 15) is 9.59 Å². The Morgan fingerprint density at radius 1 is 1.33 bits per heavy atom. The van der Waals surface area contributed by atoms with Gasteiger partial charge in [-0.3, -0.25) is 9.59 Å². The fraction of sp³-hybridized carbons (Fsp3) is 0.529. The van der Waals surface area contributed by atoms with Gasteiger partial charge in [-0.05, 0) is 31.0 Å². The van der Waals surface area contributed by atoms with E-state index in [1.54, 1.807) is 11.9 Å². The zero-order valence-electron chi connectivity index (χ0n) is 13.9. The van der Waals surface area contributed by atoms with Crippen LogP contribution in [-0.4, -0.2) is 42.9 Å². The molecule has 0 spiro atoms. The third-order valence-electron chi connectivity index (χ3n) is 4.06. The second-order valence-corrected chi connectivity index (χ2v) is 6.74. The first kappa shape index (κ1) is 20.9. The number of nitrogens with zero attached hydrogens (tertiary/aromatic N) is 1. The first-order chi connectivity index (χ1) is 11.1. The van der Waals surface area contributed by atoms with Crippen LogP contribution >= 0.6 is 28.3 Å². The summed E-state index contributed by atoms with van der Waals surface area (Å²) in [6.07, 6.45) is 3.40. The lowest BCUT2D eigenvalue weighted by Crippen LogP contribution is -2.47. The molecule has 24 heavy (non-hydrogen) atoms. The number of nitrogens with one attached hydrogen (secondary N) is 2. The maximum absolute atomic E-state index is 12.2. The summed E-state index contributed by atoms with van der Waals surface area (Å²) in [5.41, 5.74) is 1.07. The molecular weight excluding hydrogens is 394 g/mol. The Labute approximate surface area is 158 Å². The second-order valence-electron chi connectivity index (χ2n) is 5.88. The van der Waals surface area contributed by atoms with Crippen molar-refractivity contribution < 1.29 is 9.59 Å². The van der Waals surface area contributed by atoms with Crippen molar-refractivity contribution in [1.82, 2.24) is 15.5 Å². The second kappa shape index (κ2) is 10.7. The molecule has 2 N–H and O–H groups in total. The van der Waals surface area contributed by atoms with E-state index < -0.39 is 0 Å². The molecule has 0 aliphatic carbocycles. The standard InChI is InChI=1S/C17H24BrN3O2.ClH/c1-21(12-13-6-2-3-7-14(13)18)16(22)9-11-20-17(23)15-8-4-5-10-19-15;/h2-3,6-7,15,19H,4-5,8-12H2,1H3,(H,20,23);1H. The SMILES string of the molecule is CN(Cc1ccccc1Br)C(=O)CCNC(=O)C1CCCCN1.Cl. The molecule has 0 radical (unpaired) electrons. The number of hydrogen-bond donors (Lipinski definition) is 2. The Hall–Kier alpha value is -1.11. The average molecular weight is 419 g/mol. The van der Waals surface area contributed by atoms with Gasteiger partial charge in [-0.2, -0.15) is 0 Å². The van der Waals surface area contributed by atoms with E-state index in [1.807, 2.05) is 24.3 Å². The average Bonchev–Trinajstić information content (AvgIpc) is 2.57. The fourth-order valence-corrected chi connectivity index (χ4v) is 3.06. The predicted octanol–water partition coefficient (Wildman–Crippen LogP) is 2.48. The molecule has 1 aromatic rings. The highest BCUT2D eigenvalue weighted by Crippen LogP contribution is 2.17. The Morgan fingerprint density at radius 3 is 2.75 bits per heavy atom. The first-order valence-electron chi connectivity index (χ1n) is 8.06. The maximum atomic E-state index is 12.2. The molecule has 0 saturated carbocycles. The van der Waals surface area contributed by atoms with Gasteiger partial charge in [-0.25, -0.2) is 0 Å². The maximum Gasteiger partial charge on any atom is 0.237 e. The summed E-state index contributed by atoms with van der Waals surface area (Å²) >= 11 is 3.49. The van der Waals surface area contributed by atoms with E-state index in [-0.39, 0.29) is 30.3 Å². The number of piperidine rings is 1. The molecule has 7 heteroatoms. The van der Waals surface area contributed by atoms with Gasteiger partial charge in [0.25, 0.3) is 0 Å². The van der Waals surface area contributed by atoms with Gasteiger partial charge in [0.15, 0.2) is 0 Å². The molecule has 0 bridgehead atoms. The number of halogens is 2. The van der Waals surface area contributed by atoms with Crippen LogP contribution in [0.2, 0.25) is 0 Å². The summed E-state index contributed by atoms with van der Waals surface area (Å²) in [4.78, 5) is 25.8. The van der Waals surface area contributed by atoms with Crippen LogP contribution in [0.4, 0.5) is 0 Å². The van der Waals surface area contributed by atoms with Crippen molar-refractivity contribution in [3.63, 3.8) is 0 Å². The smallest absolute Gasteiger partial charge is 0.237 e. The summed E-state index contributed by atoms with van der Waals surface area (Å²) in [5.74, 6) is 0.0311. The van der Waals surface area contributed by atoms with E-state index in [4.69, 9.17) is 0 Å². The molecule has 1 heterocycles. The monoisotopic (exact) mass is 417 g/mol. The van der Waals surface area contributed by atoms with Crippen LogP contribution in [0.3, 0.4) is 0 Å². The van der Waals surface area contributed by atoms with Crippen molar-refractivity contribution in [2.45, 2.75) is 38.3 Å². The van der Waals surface area contributed by atoms with E-state index >= 15 is 0 Å². The van der Waals surface area contributed by atoms with Gasteiger partial charge in [0.05, 0.1) is 6.04 Å². The van der Waals surface area contributed by atoms with Crippen molar-refractivity contribution in [3.8, 4) is 0 Å². The van der Waals surface area contributed by atoms with E-state index in [0.717, 1.165) is 35.8 Å². The Morgan fingerprint density at radius 2 is 2.08 bits per heavy atom. The quantitative estimate of drug-likeness (QED) is 0.746. The predicted molar refractivity (Wildman–Crippen MR) is 101 cm³/mol. The Balaban J connectivity index is 0.00000288. The van der Waals surface area contributed by atoms with E-state index in [2.05, 4.69) is 26.6 Å². The molecule has 1 unspecified atom stereocenters. The number of carbonyl (C=O) groups is 2. The van der Waals surface area contributed by atoms with Gasteiger partial charge in [-0.1, -0.05) is 40.5 Å². The molecule has 1 saturated heterocycles. The molecule has 0 aromatic heterocycles. The van der Waals surface area contributed by atoms with Gasteiger partial charge >= 0.3 is 0 Å². The zero-order chi connectivity index (χ0) is 16.7. The largest absolute Gasteiger partial charge is 0.354 e. The lowest BCUT2D eigenvalue weighted by molar-refractivity contribution is -0.130. The number of rotatable bonds is 6. The lowest BCUT2D eigenvalue weighted by atomic mass is 10.0. The van der Waals surface area contributed by atoms with Gasteiger partial charge in [0, 0.05) is 31.0 Å². The number of hydrogen-bond acceptors (Lipinski definition) is 3. The van der Waals surface area contributed by atoms with Gasteiger partial charge in [-0.15, -0.1) is 12.4 Å². The third kappa shape index (κ3) is 6.42. The zero-order valence-corrected chi connectivity index (χ0v) is 16.3. The Bertz CT molecular complexity index is 550. The summed E-state index contributed by atoms with van der Waals surface area (Å²) in [7, 11) is 1.78. The normalized spacial score (nSPS) is 16.8. The van der Waals surface area contributed by atoms with Crippen LogP contribution in [-0.2, 0) is 16.1 Å². The van der Waals surface area contributed by atoms with Crippen LogP contribution in [0.5, 0.6) is 0 Å². The molecule has 5 nitrogen and oxygen atoms in total. The molecule has 134 valence electrons. The van der Waals surface area contributed by atoms with Gasteiger partial charge in [0.1, 0.15) is 0 Å². The highest BCUT2D eigenvalue weighted by molar-refractivity contribution is 9.10. The molecule has 1 fully saturated rings. The number of benzene rings is 1. The number of amides is 2. The van der Waals surface area contributed by atoms with E-state index in [1.165, 1.54) is 0 Å². The summed E-state index contributed by atoms with van der Waals surface area (Å²) in [6, 6.07) is 7.76. The molecule has 2 amide bonds. The summed E-state index contributed by atoms with van der Waals surface area (Å²) < 4.78 is 0.997. The molecule has 1 aliphatic heterocycles. The molecule has 2 rings (SSSR count). The first-order valence-corrected chi connectivity index (χ1v) is 8.85. The topological polar surface area (TPSA) is 61.4 Å². The minimum absolute atomic E-state index is 0. The number of carbonyl (C=O) groups excluding carboxylic acids is 2. The van der Waals surface area contributed by atoms with E-state index in [0.29, 0.717) is 19.5 Å². The highest BCUT2D eigenvalue weighted by Gasteiger charge is 2.20. The highest BCUT2D eigenvalue weighted by atomic mass is 79.9. The molecule has 1 aromatic carbocycles. The van der Waals surface area contributed by atoms with Crippen LogP contribution in [0.1, 0.15) is 31.2 Å². The molecule has 1 atom stereocenters. The minimum atomic E-state index is -0.100. The minimum Gasteiger partial charge on any atom is -0.354 e. The van der Waals surface area contributed by atoms with Crippen molar-refractivity contribution in [2.75, 3.05) is 20.1 Å². The third-order valence-corrected chi connectivity index (χ3v) is 4.83. The van der Waals surface area contributed by atoms with Crippen LogP contribution in [0.25, 0.3) is 0 Å². The summed E-state index contributed by atoms with van der Waals surface area (Å²) in [6.45, 7) is 1.83. The van der Waals surface area contributed by atoms with Gasteiger partial charge in [0.2, 0.25) is 11.8 Å². The van der Waals surface area contributed by atoms with Crippen molar-refractivity contribution in [2.24, 2.45) is 0 Å². The molecule has 1 aliphatic rings. The van der Waals surface area contributed by atoms with Crippen LogP contribution < -0.4 is 10.6 Å².